The van der Waals surface area contributed by atoms with E-state index in [1.165, 1.54) is 6.92 Å². The summed E-state index contributed by atoms with van der Waals surface area (Å²) in [6.45, 7) is 1.26. The summed E-state index contributed by atoms with van der Waals surface area (Å²) in [5.41, 5.74) is -0.531. The lowest BCUT2D eigenvalue weighted by molar-refractivity contribution is 0.149. The van der Waals surface area contributed by atoms with Gasteiger partial charge in [0.1, 0.15) is 9.50 Å². The molecule has 15 heavy (non-hydrogen) atoms. The van der Waals surface area contributed by atoms with Crippen molar-refractivity contribution < 1.29 is 17.2 Å². The molecule has 1 heterocycles. The van der Waals surface area contributed by atoms with Crippen LogP contribution < -0.4 is 5.14 Å². The summed E-state index contributed by atoms with van der Waals surface area (Å²) in [5, 5.41) is 4.88. The molecule has 0 aliphatic carbocycles. The zero-order chi connectivity index (χ0) is 11.8. The number of hydrogen-bond donors (Lipinski definition) is 1. The average molecular weight is 301 g/mol. The summed E-state index contributed by atoms with van der Waals surface area (Å²) >= 11 is 2.85. The van der Waals surface area contributed by atoms with Gasteiger partial charge < -0.3 is 0 Å². The first-order valence-electron chi connectivity index (χ1n) is 3.71. The number of nitrogens with two attached hydrogens (primary N) is 1. The zero-order valence-electron chi connectivity index (χ0n) is 7.54. The van der Waals surface area contributed by atoms with Crippen LogP contribution >= 0.6 is 15.9 Å². The van der Waals surface area contributed by atoms with Crippen LogP contribution in [-0.2, 0) is 10.0 Å². The Morgan fingerprint density at radius 2 is 2.07 bits per heavy atom. The smallest absolute Gasteiger partial charge is 0.247 e. The number of aromatic nitrogens is 1. The maximum absolute atomic E-state index is 12.4. The highest BCUT2D eigenvalue weighted by Gasteiger charge is 2.22. The van der Waals surface area contributed by atoms with E-state index in [1.807, 2.05) is 0 Å². The third-order valence-electron chi connectivity index (χ3n) is 1.80. The normalized spacial score (nSPS) is 12.1. The van der Waals surface area contributed by atoms with Crippen molar-refractivity contribution in [2.75, 3.05) is 0 Å². The molecule has 8 heteroatoms. The van der Waals surface area contributed by atoms with Crippen LogP contribution in [0.2, 0.25) is 0 Å². The minimum absolute atomic E-state index is 0.0631. The Labute approximate surface area is 93.7 Å². The van der Waals surface area contributed by atoms with Crippen LogP contribution in [0, 0.1) is 6.92 Å². The second-order valence-corrected chi connectivity index (χ2v) is 5.05. The summed E-state index contributed by atoms with van der Waals surface area (Å²) in [6.07, 6.45) is -1.87. The Balaban J connectivity index is 3.59. The highest BCUT2D eigenvalue weighted by atomic mass is 79.9. The molecule has 0 saturated carbocycles. The standard InChI is InChI=1S/C7H7BrF2N2O2S/c1-3-4(7(9)10)2-12-6(8)5(3)15(11,13)14/h2,7H,1H3,(H2,11,13,14). The van der Waals surface area contributed by atoms with E-state index in [4.69, 9.17) is 5.14 Å². The SMILES string of the molecule is Cc1c(C(F)F)cnc(Br)c1S(N)(=O)=O. The maximum atomic E-state index is 12.4. The van der Waals surface area contributed by atoms with E-state index in [1.54, 1.807) is 0 Å². The van der Waals surface area contributed by atoms with Crippen molar-refractivity contribution >= 4 is 26.0 Å². The number of nitrogens with zero attached hydrogens (tertiary/aromatic N) is 1. The van der Waals surface area contributed by atoms with Gasteiger partial charge in [-0.3, -0.25) is 0 Å². The molecule has 0 atom stereocenters. The summed E-state index contributed by atoms with van der Waals surface area (Å²) in [7, 11) is -4.06. The zero-order valence-corrected chi connectivity index (χ0v) is 9.94. The van der Waals surface area contributed by atoms with Gasteiger partial charge in [-0.05, 0) is 28.4 Å². The van der Waals surface area contributed by atoms with Crippen LogP contribution in [-0.4, -0.2) is 13.4 Å². The second-order valence-electron chi connectivity index (χ2n) is 2.80. The Bertz CT molecular complexity index is 490. The topological polar surface area (TPSA) is 73.0 Å². The minimum atomic E-state index is -4.06. The van der Waals surface area contributed by atoms with Crippen molar-refractivity contribution in [1.82, 2.24) is 4.98 Å². The lowest BCUT2D eigenvalue weighted by Gasteiger charge is -2.09. The number of sulfonamides is 1. The quantitative estimate of drug-likeness (QED) is 0.846. The van der Waals surface area contributed by atoms with Gasteiger partial charge >= 0.3 is 0 Å². The number of pyridine rings is 1. The lowest BCUT2D eigenvalue weighted by Crippen LogP contribution is -2.16. The molecule has 0 radical (unpaired) electrons. The van der Waals surface area contributed by atoms with Gasteiger partial charge in [0.25, 0.3) is 6.43 Å². The molecule has 0 fully saturated rings. The highest BCUT2D eigenvalue weighted by Crippen LogP contribution is 2.29. The van der Waals surface area contributed by atoms with E-state index >= 15 is 0 Å². The highest BCUT2D eigenvalue weighted by molar-refractivity contribution is 9.10. The monoisotopic (exact) mass is 300 g/mol. The molecule has 84 valence electrons. The number of alkyl halides is 2. The van der Waals surface area contributed by atoms with E-state index in [9.17, 15) is 17.2 Å². The number of halogens is 3. The molecule has 1 rings (SSSR count). The van der Waals surface area contributed by atoms with Crippen molar-refractivity contribution in [3.8, 4) is 0 Å². The average Bonchev–Trinajstić information content (AvgIpc) is 2.00. The van der Waals surface area contributed by atoms with Crippen molar-refractivity contribution in [2.45, 2.75) is 18.2 Å². The molecule has 4 nitrogen and oxygen atoms in total. The van der Waals surface area contributed by atoms with Crippen LogP contribution in [0.25, 0.3) is 0 Å². The van der Waals surface area contributed by atoms with Gasteiger partial charge in [-0.1, -0.05) is 0 Å². The molecule has 1 aromatic rings. The lowest BCUT2D eigenvalue weighted by atomic mass is 10.2. The van der Waals surface area contributed by atoms with Gasteiger partial charge in [0.05, 0.1) is 0 Å². The molecule has 1 aromatic heterocycles. The molecule has 0 amide bonds. The molecule has 0 aliphatic rings. The van der Waals surface area contributed by atoms with Crippen LogP contribution in [0.1, 0.15) is 17.6 Å². The molecular formula is C7H7BrF2N2O2S. The third-order valence-corrected chi connectivity index (χ3v) is 3.73. The Morgan fingerprint density at radius 1 is 1.53 bits per heavy atom. The van der Waals surface area contributed by atoms with Crippen LogP contribution in [0.3, 0.4) is 0 Å². The molecule has 2 N–H and O–H groups in total. The second kappa shape index (κ2) is 4.11. The third kappa shape index (κ3) is 2.50. The van der Waals surface area contributed by atoms with Gasteiger partial charge in [0.2, 0.25) is 10.0 Å². The number of primary sulfonamides is 1. The van der Waals surface area contributed by atoms with Gasteiger partial charge in [-0.15, -0.1) is 0 Å². The van der Waals surface area contributed by atoms with E-state index in [2.05, 4.69) is 20.9 Å². The first-order valence-corrected chi connectivity index (χ1v) is 6.05. The number of hydrogen-bond acceptors (Lipinski definition) is 3. The van der Waals surface area contributed by atoms with Crippen molar-refractivity contribution in [2.24, 2.45) is 5.14 Å². The first-order chi connectivity index (χ1) is 6.75. The van der Waals surface area contributed by atoms with E-state index in [-0.39, 0.29) is 10.2 Å². The molecule has 0 unspecified atom stereocenters. The molecule has 0 aromatic carbocycles. The Morgan fingerprint density at radius 3 is 2.47 bits per heavy atom. The summed E-state index contributed by atoms with van der Waals surface area (Å²) in [4.78, 5) is 3.10. The van der Waals surface area contributed by atoms with Crippen molar-refractivity contribution in [3.63, 3.8) is 0 Å². The molecule has 0 aliphatic heterocycles. The van der Waals surface area contributed by atoms with Crippen LogP contribution in [0.5, 0.6) is 0 Å². The maximum Gasteiger partial charge on any atom is 0.265 e. The van der Waals surface area contributed by atoms with E-state index < -0.39 is 26.9 Å². The van der Waals surface area contributed by atoms with Gasteiger partial charge in [-0.2, -0.15) is 0 Å². The van der Waals surface area contributed by atoms with Gasteiger partial charge in [0.15, 0.2) is 0 Å². The first kappa shape index (κ1) is 12.5. The predicted molar refractivity (Wildman–Crippen MR) is 53.0 cm³/mol. The van der Waals surface area contributed by atoms with E-state index in [0.717, 1.165) is 6.20 Å². The number of rotatable bonds is 2. The van der Waals surface area contributed by atoms with Crippen LogP contribution in [0.15, 0.2) is 15.7 Å². The van der Waals surface area contributed by atoms with Crippen molar-refractivity contribution in [1.29, 1.82) is 0 Å². The van der Waals surface area contributed by atoms with Gasteiger partial charge in [-0.25, -0.2) is 27.3 Å². The largest absolute Gasteiger partial charge is 0.265 e. The fourth-order valence-electron chi connectivity index (χ4n) is 1.12. The summed E-state index contributed by atoms with van der Waals surface area (Å²) < 4.78 is 47.0. The molecule has 0 spiro atoms. The fourth-order valence-corrected chi connectivity index (χ4v) is 3.03. The van der Waals surface area contributed by atoms with Gasteiger partial charge in [0, 0.05) is 11.8 Å². The Kier molecular flexibility index (Phi) is 3.41. The summed E-state index contributed by atoms with van der Waals surface area (Å²) in [5.74, 6) is 0. The predicted octanol–water partition coefficient (Wildman–Crippen LogP) is 1.74. The molecular weight excluding hydrogens is 294 g/mol. The summed E-state index contributed by atoms with van der Waals surface area (Å²) in [6, 6.07) is 0. The molecule has 0 bridgehead atoms. The van der Waals surface area contributed by atoms with E-state index in [0.29, 0.717) is 0 Å². The minimum Gasteiger partial charge on any atom is -0.247 e. The molecule has 0 saturated heterocycles. The Hall–Kier alpha value is -0.600. The van der Waals surface area contributed by atoms with Crippen LogP contribution in [0.4, 0.5) is 8.78 Å². The van der Waals surface area contributed by atoms with Crippen molar-refractivity contribution in [3.05, 3.63) is 21.9 Å². The fraction of sp³-hybridized carbons (Fsp3) is 0.286.